The van der Waals surface area contributed by atoms with Crippen LogP contribution in [0.2, 0.25) is 0 Å². The molecule has 0 saturated heterocycles. The minimum absolute atomic E-state index is 0.109. The Kier molecular flexibility index (Phi) is 5.43. The summed E-state index contributed by atoms with van der Waals surface area (Å²) < 4.78 is 16.1. The van der Waals surface area contributed by atoms with E-state index in [9.17, 15) is 4.79 Å². The molecule has 0 bridgehead atoms. The molecule has 0 saturated carbocycles. The van der Waals surface area contributed by atoms with Crippen LogP contribution in [0.4, 0.5) is 0 Å². The van der Waals surface area contributed by atoms with Gasteiger partial charge in [-0.1, -0.05) is 13.8 Å². The van der Waals surface area contributed by atoms with Crippen LogP contribution >= 0.6 is 0 Å². The Balaban J connectivity index is 3.04. The van der Waals surface area contributed by atoms with Crippen LogP contribution in [0.25, 0.3) is 0 Å². The van der Waals surface area contributed by atoms with E-state index in [1.807, 2.05) is 39.8 Å². The Morgan fingerprint density at radius 1 is 1.15 bits per heavy atom. The molecular weight excluding hydrogens is 256 g/mol. The van der Waals surface area contributed by atoms with Crippen molar-refractivity contribution in [3.63, 3.8) is 0 Å². The number of methoxy groups -OCH3 is 2. The van der Waals surface area contributed by atoms with Gasteiger partial charge in [0, 0.05) is 11.6 Å². The Bertz CT molecular complexity index is 443. The van der Waals surface area contributed by atoms with Gasteiger partial charge in [-0.3, -0.25) is 4.79 Å². The van der Waals surface area contributed by atoms with E-state index in [0.29, 0.717) is 11.5 Å². The first-order chi connectivity index (χ1) is 9.33. The zero-order chi connectivity index (χ0) is 15.3. The van der Waals surface area contributed by atoms with E-state index in [4.69, 9.17) is 14.2 Å². The van der Waals surface area contributed by atoms with Gasteiger partial charge in [0.1, 0.15) is 17.1 Å². The summed E-state index contributed by atoms with van der Waals surface area (Å²) in [6.07, 6.45) is 0.760. The Morgan fingerprint density at radius 2 is 1.65 bits per heavy atom. The fourth-order valence-corrected chi connectivity index (χ4v) is 1.73. The number of hydrogen-bond acceptors (Lipinski definition) is 4. The van der Waals surface area contributed by atoms with Crippen molar-refractivity contribution in [1.29, 1.82) is 0 Å². The van der Waals surface area contributed by atoms with Crippen molar-refractivity contribution in [2.75, 3.05) is 14.2 Å². The third kappa shape index (κ3) is 3.89. The molecule has 0 aliphatic carbocycles. The van der Waals surface area contributed by atoms with Crippen molar-refractivity contribution in [1.82, 2.24) is 0 Å². The molecule has 1 atom stereocenters. The molecule has 4 heteroatoms. The van der Waals surface area contributed by atoms with Crippen molar-refractivity contribution < 1.29 is 19.0 Å². The van der Waals surface area contributed by atoms with Crippen LogP contribution in [-0.4, -0.2) is 20.2 Å². The smallest absolute Gasteiger partial charge is 0.309 e. The average Bonchev–Trinajstić information content (AvgIpc) is 2.45. The van der Waals surface area contributed by atoms with E-state index in [1.165, 1.54) is 0 Å². The molecule has 0 heterocycles. The molecule has 1 rings (SSSR count). The van der Waals surface area contributed by atoms with Crippen molar-refractivity contribution >= 4 is 5.97 Å². The quantitative estimate of drug-likeness (QED) is 0.748. The van der Waals surface area contributed by atoms with Crippen LogP contribution in [0, 0.1) is 5.92 Å². The largest absolute Gasteiger partial charge is 0.497 e. The summed E-state index contributed by atoms with van der Waals surface area (Å²) in [4.78, 5) is 12.0. The number of carbonyl (C=O) groups is 1. The lowest BCUT2D eigenvalue weighted by Crippen LogP contribution is -2.28. The van der Waals surface area contributed by atoms with Gasteiger partial charge in [0.25, 0.3) is 0 Å². The minimum Gasteiger partial charge on any atom is -0.497 e. The molecule has 0 radical (unpaired) electrons. The monoisotopic (exact) mass is 280 g/mol. The SMILES string of the molecule is CCC(C)C(=O)OC(C)(C)c1cc(OC)cc(OC)c1. The molecule has 4 nitrogen and oxygen atoms in total. The summed E-state index contributed by atoms with van der Waals surface area (Å²) in [5.74, 6) is 1.04. The van der Waals surface area contributed by atoms with E-state index in [-0.39, 0.29) is 11.9 Å². The van der Waals surface area contributed by atoms with Crippen molar-refractivity contribution in [3.05, 3.63) is 23.8 Å². The third-order valence-electron chi connectivity index (χ3n) is 3.42. The number of esters is 1. The minimum atomic E-state index is -0.734. The van der Waals surface area contributed by atoms with Crippen LogP contribution in [-0.2, 0) is 15.1 Å². The zero-order valence-corrected chi connectivity index (χ0v) is 13.1. The molecule has 0 amide bonds. The highest BCUT2D eigenvalue weighted by Crippen LogP contribution is 2.32. The molecular formula is C16H24O4. The molecule has 112 valence electrons. The summed E-state index contributed by atoms with van der Waals surface area (Å²) in [6, 6.07) is 5.49. The second-order valence-electron chi connectivity index (χ2n) is 5.34. The fraction of sp³-hybridized carbons (Fsp3) is 0.562. The lowest BCUT2D eigenvalue weighted by Gasteiger charge is -2.28. The Hall–Kier alpha value is -1.71. The van der Waals surface area contributed by atoms with Crippen LogP contribution in [0.1, 0.15) is 39.7 Å². The number of hydrogen-bond donors (Lipinski definition) is 0. The van der Waals surface area contributed by atoms with Crippen molar-refractivity contribution in [2.24, 2.45) is 5.92 Å². The van der Waals surface area contributed by atoms with Gasteiger partial charge >= 0.3 is 5.97 Å². The fourth-order valence-electron chi connectivity index (χ4n) is 1.73. The summed E-state index contributed by atoms with van der Waals surface area (Å²) in [5, 5.41) is 0. The van der Waals surface area contributed by atoms with Gasteiger partial charge in [0.05, 0.1) is 20.1 Å². The molecule has 0 spiro atoms. The summed E-state index contributed by atoms with van der Waals surface area (Å²) in [6.45, 7) is 7.56. The lowest BCUT2D eigenvalue weighted by atomic mass is 9.97. The second kappa shape index (κ2) is 6.64. The topological polar surface area (TPSA) is 44.8 Å². The number of benzene rings is 1. The first kappa shape index (κ1) is 16.3. The second-order valence-corrected chi connectivity index (χ2v) is 5.34. The van der Waals surface area contributed by atoms with E-state index in [1.54, 1.807) is 20.3 Å². The van der Waals surface area contributed by atoms with Crippen LogP contribution in [0.15, 0.2) is 18.2 Å². The van der Waals surface area contributed by atoms with Crippen LogP contribution in [0.3, 0.4) is 0 Å². The maximum atomic E-state index is 12.0. The normalized spacial score (nSPS) is 12.7. The third-order valence-corrected chi connectivity index (χ3v) is 3.42. The van der Waals surface area contributed by atoms with Gasteiger partial charge in [0.15, 0.2) is 0 Å². The number of ether oxygens (including phenoxy) is 3. The molecule has 0 aliphatic rings. The first-order valence-corrected chi connectivity index (χ1v) is 6.80. The molecule has 0 aliphatic heterocycles. The van der Waals surface area contributed by atoms with Crippen LogP contribution in [0.5, 0.6) is 11.5 Å². The molecule has 20 heavy (non-hydrogen) atoms. The predicted molar refractivity (Wildman–Crippen MR) is 78.1 cm³/mol. The van der Waals surface area contributed by atoms with Gasteiger partial charge in [0.2, 0.25) is 0 Å². The maximum Gasteiger partial charge on any atom is 0.309 e. The number of rotatable bonds is 6. The highest BCUT2D eigenvalue weighted by molar-refractivity contribution is 5.72. The summed E-state index contributed by atoms with van der Waals surface area (Å²) in [5.41, 5.74) is 0.104. The predicted octanol–water partition coefficient (Wildman–Crippen LogP) is 3.53. The average molecular weight is 280 g/mol. The Labute approximate surface area is 121 Å². The van der Waals surface area contributed by atoms with Gasteiger partial charge < -0.3 is 14.2 Å². The molecule has 1 unspecified atom stereocenters. The zero-order valence-electron chi connectivity index (χ0n) is 13.1. The van der Waals surface area contributed by atoms with Crippen LogP contribution < -0.4 is 9.47 Å². The van der Waals surface area contributed by atoms with Gasteiger partial charge in [-0.25, -0.2) is 0 Å². The number of carbonyl (C=O) groups excluding carboxylic acids is 1. The van der Waals surface area contributed by atoms with Gasteiger partial charge in [-0.2, -0.15) is 0 Å². The first-order valence-electron chi connectivity index (χ1n) is 6.80. The van der Waals surface area contributed by atoms with E-state index < -0.39 is 5.60 Å². The summed E-state index contributed by atoms with van der Waals surface area (Å²) >= 11 is 0. The lowest BCUT2D eigenvalue weighted by molar-refractivity contribution is -0.162. The molecule has 0 fully saturated rings. The highest BCUT2D eigenvalue weighted by Gasteiger charge is 2.28. The van der Waals surface area contributed by atoms with Gasteiger partial charge in [-0.15, -0.1) is 0 Å². The van der Waals surface area contributed by atoms with E-state index >= 15 is 0 Å². The van der Waals surface area contributed by atoms with E-state index in [0.717, 1.165) is 12.0 Å². The van der Waals surface area contributed by atoms with E-state index in [2.05, 4.69) is 0 Å². The van der Waals surface area contributed by atoms with Crippen molar-refractivity contribution in [2.45, 2.75) is 39.7 Å². The van der Waals surface area contributed by atoms with Crippen molar-refractivity contribution in [3.8, 4) is 11.5 Å². The Morgan fingerprint density at radius 3 is 2.05 bits per heavy atom. The maximum absolute atomic E-state index is 12.0. The molecule has 1 aromatic rings. The molecule has 1 aromatic carbocycles. The molecule has 0 N–H and O–H groups in total. The standard InChI is InChI=1S/C16H24O4/c1-7-11(2)15(17)20-16(3,4)12-8-13(18-5)10-14(9-12)19-6/h8-11H,7H2,1-6H3. The van der Waals surface area contributed by atoms with Gasteiger partial charge in [-0.05, 0) is 32.4 Å². The molecule has 0 aromatic heterocycles. The summed E-state index contributed by atoms with van der Waals surface area (Å²) in [7, 11) is 3.19. The highest BCUT2D eigenvalue weighted by atomic mass is 16.6.